The molecule has 0 spiro atoms. The molecule has 9 heteroatoms. The van der Waals surface area contributed by atoms with Crippen LogP contribution < -0.4 is 5.32 Å². The molecule has 0 atom stereocenters. The third-order valence-electron chi connectivity index (χ3n) is 4.02. The van der Waals surface area contributed by atoms with Crippen LogP contribution in [0, 0.1) is 15.9 Å². The largest absolute Gasteiger partial charge is 0.506 e. The fraction of sp³-hybridized carbons (Fsp3) is 0. The molecule has 0 radical (unpaired) electrons. The minimum Gasteiger partial charge on any atom is -0.506 e. The second-order valence-corrected chi connectivity index (χ2v) is 6.00. The van der Waals surface area contributed by atoms with E-state index >= 15 is 0 Å². The maximum absolute atomic E-state index is 13.8. The van der Waals surface area contributed by atoms with E-state index in [4.69, 9.17) is 4.42 Å². The van der Waals surface area contributed by atoms with Crippen LogP contribution in [0.4, 0.5) is 21.8 Å². The molecule has 29 heavy (non-hydrogen) atoms. The number of nitrogens with zero attached hydrogens (tertiary/aromatic N) is 3. The molecule has 0 aliphatic rings. The van der Waals surface area contributed by atoms with Crippen LogP contribution >= 0.6 is 0 Å². The number of fused-ring (bicyclic) bond motifs is 1. The first-order valence-electron chi connectivity index (χ1n) is 8.44. The van der Waals surface area contributed by atoms with Gasteiger partial charge in [-0.15, -0.1) is 0 Å². The summed E-state index contributed by atoms with van der Waals surface area (Å²) < 4.78 is 18.8. The number of hydrogen-bond donors (Lipinski definition) is 2. The van der Waals surface area contributed by atoms with Gasteiger partial charge in [-0.05, 0) is 48.6 Å². The zero-order chi connectivity index (χ0) is 20.4. The SMILES string of the molecule is O=[N+]([O-])c1ccc(/C=C/c2nc(Nc3ccccc3O)c3cc(F)ccc3n2)o1. The Balaban J connectivity index is 1.75. The zero-order valence-electron chi connectivity index (χ0n) is 14.7. The lowest BCUT2D eigenvalue weighted by Gasteiger charge is -2.11. The second-order valence-electron chi connectivity index (χ2n) is 6.00. The summed E-state index contributed by atoms with van der Waals surface area (Å²) in [6.07, 6.45) is 3.00. The summed E-state index contributed by atoms with van der Waals surface area (Å²) in [5.41, 5.74) is 0.873. The van der Waals surface area contributed by atoms with Crippen molar-refractivity contribution in [3.8, 4) is 5.75 Å². The Labute approximate surface area is 163 Å². The Morgan fingerprint density at radius 3 is 2.69 bits per heavy atom. The Hall–Kier alpha value is -4.27. The first-order chi connectivity index (χ1) is 14.0. The van der Waals surface area contributed by atoms with Crippen molar-refractivity contribution in [3.63, 3.8) is 0 Å². The number of para-hydroxylation sites is 2. The van der Waals surface area contributed by atoms with Gasteiger partial charge >= 0.3 is 5.88 Å². The maximum atomic E-state index is 13.8. The molecule has 2 heterocycles. The smallest absolute Gasteiger partial charge is 0.433 e. The number of aromatic hydroxyl groups is 1. The first-order valence-corrected chi connectivity index (χ1v) is 8.44. The summed E-state index contributed by atoms with van der Waals surface area (Å²) in [6.45, 7) is 0. The lowest BCUT2D eigenvalue weighted by molar-refractivity contribution is -0.402. The molecule has 4 rings (SSSR count). The highest BCUT2D eigenvalue weighted by molar-refractivity contribution is 5.92. The van der Waals surface area contributed by atoms with E-state index in [1.54, 1.807) is 18.2 Å². The van der Waals surface area contributed by atoms with Crippen molar-refractivity contribution < 1.29 is 18.8 Å². The first kappa shape index (κ1) is 18.1. The van der Waals surface area contributed by atoms with Crippen LogP contribution in [-0.2, 0) is 0 Å². The number of nitro groups is 1. The number of phenolic OH excluding ortho intramolecular Hbond substituents is 1. The summed E-state index contributed by atoms with van der Waals surface area (Å²) >= 11 is 0. The van der Waals surface area contributed by atoms with E-state index in [0.29, 0.717) is 22.4 Å². The molecule has 2 aromatic carbocycles. The van der Waals surface area contributed by atoms with E-state index in [9.17, 15) is 19.6 Å². The van der Waals surface area contributed by atoms with E-state index in [1.165, 1.54) is 48.6 Å². The number of nitrogens with one attached hydrogen (secondary N) is 1. The summed E-state index contributed by atoms with van der Waals surface area (Å²) in [5.74, 6) is 0.00149. The number of benzene rings is 2. The second kappa shape index (κ2) is 7.39. The molecule has 8 nitrogen and oxygen atoms in total. The van der Waals surface area contributed by atoms with Gasteiger partial charge in [0.2, 0.25) is 0 Å². The van der Waals surface area contributed by atoms with Crippen LogP contribution in [-0.4, -0.2) is 20.0 Å². The number of aromatic nitrogens is 2. The molecule has 2 N–H and O–H groups in total. The molecule has 0 aliphatic carbocycles. The van der Waals surface area contributed by atoms with Gasteiger partial charge < -0.3 is 14.8 Å². The Morgan fingerprint density at radius 2 is 1.93 bits per heavy atom. The highest BCUT2D eigenvalue weighted by Gasteiger charge is 2.12. The van der Waals surface area contributed by atoms with Crippen LogP contribution in [0.1, 0.15) is 11.6 Å². The molecule has 0 unspecified atom stereocenters. The molecule has 0 amide bonds. The predicted octanol–water partition coefficient (Wildman–Crippen LogP) is 4.89. The van der Waals surface area contributed by atoms with Crippen LogP contribution in [0.5, 0.6) is 5.75 Å². The van der Waals surface area contributed by atoms with Crippen molar-refractivity contribution in [2.45, 2.75) is 0 Å². The standard InChI is InChI=1S/C20H13FN4O4/c21-12-5-8-15-14(11-12)20(23-16-3-1-2-4-17(16)26)24-18(22-15)9-6-13-7-10-19(29-13)25(27)28/h1-11,26H,(H,22,23,24)/b9-6+. The van der Waals surface area contributed by atoms with Crippen molar-refractivity contribution in [3.05, 3.63) is 82.1 Å². The number of rotatable bonds is 5. The minimum atomic E-state index is -0.632. The van der Waals surface area contributed by atoms with Crippen molar-refractivity contribution in [2.24, 2.45) is 0 Å². The third-order valence-corrected chi connectivity index (χ3v) is 4.02. The number of furan rings is 1. The number of phenols is 1. The molecular formula is C20H13FN4O4. The fourth-order valence-electron chi connectivity index (χ4n) is 2.68. The highest BCUT2D eigenvalue weighted by Crippen LogP contribution is 2.29. The van der Waals surface area contributed by atoms with Crippen molar-refractivity contribution in [1.29, 1.82) is 0 Å². The third kappa shape index (κ3) is 3.88. The van der Waals surface area contributed by atoms with Gasteiger partial charge in [0.05, 0.1) is 17.3 Å². The molecule has 0 aliphatic heterocycles. The molecule has 0 saturated carbocycles. The number of halogens is 1. The van der Waals surface area contributed by atoms with Gasteiger partial charge in [0.15, 0.2) is 5.82 Å². The summed E-state index contributed by atoms with van der Waals surface area (Å²) in [7, 11) is 0. The van der Waals surface area contributed by atoms with Crippen molar-refractivity contribution in [2.75, 3.05) is 5.32 Å². The molecule has 0 saturated heterocycles. The van der Waals surface area contributed by atoms with Gasteiger partial charge in [-0.2, -0.15) is 0 Å². The summed E-state index contributed by atoms with van der Waals surface area (Å²) in [6, 6.07) is 13.4. The predicted molar refractivity (Wildman–Crippen MR) is 105 cm³/mol. The summed E-state index contributed by atoms with van der Waals surface area (Å²) in [5, 5.41) is 24.1. The molecule has 4 aromatic rings. The van der Waals surface area contributed by atoms with Crippen molar-refractivity contribution in [1.82, 2.24) is 9.97 Å². The van der Waals surface area contributed by atoms with Crippen LogP contribution in [0.15, 0.2) is 59.0 Å². The maximum Gasteiger partial charge on any atom is 0.433 e. The van der Waals surface area contributed by atoms with E-state index < -0.39 is 10.7 Å². The molecule has 0 bridgehead atoms. The molecule has 2 aromatic heterocycles. The van der Waals surface area contributed by atoms with Gasteiger partial charge in [0.1, 0.15) is 28.1 Å². The Bertz CT molecular complexity index is 1250. The average Bonchev–Trinajstić information content (AvgIpc) is 3.18. The van der Waals surface area contributed by atoms with E-state index in [-0.39, 0.29) is 23.2 Å². The number of hydrogen-bond acceptors (Lipinski definition) is 7. The highest BCUT2D eigenvalue weighted by atomic mass is 19.1. The van der Waals surface area contributed by atoms with E-state index in [1.807, 2.05) is 0 Å². The Morgan fingerprint density at radius 1 is 1.10 bits per heavy atom. The van der Waals surface area contributed by atoms with Gasteiger partial charge in [0.25, 0.3) is 0 Å². The lowest BCUT2D eigenvalue weighted by Crippen LogP contribution is -1.99. The van der Waals surface area contributed by atoms with E-state index in [0.717, 1.165) is 0 Å². The number of anilines is 2. The summed E-state index contributed by atoms with van der Waals surface area (Å²) in [4.78, 5) is 18.8. The lowest BCUT2D eigenvalue weighted by atomic mass is 10.2. The van der Waals surface area contributed by atoms with Gasteiger partial charge in [-0.3, -0.25) is 10.1 Å². The van der Waals surface area contributed by atoms with Crippen LogP contribution in [0.3, 0.4) is 0 Å². The normalized spacial score (nSPS) is 11.2. The molecule has 144 valence electrons. The molecular weight excluding hydrogens is 379 g/mol. The topological polar surface area (TPSA) is 114 Å². The van der Waals surface area contributed by atoms with Crippen molar-refractivity contribution >= 4 is 40.4 Å². The van der Waals surface area contributed by atoms with Crippen LogP contribution in [0.2, 0.25) is 0 Å². The van der Waals surface area contributed by atoms with Gasteiger partial charge in [0, 0.05) is 5.39 Å². The monoisotopic (exact) mass is 392 g/mol. The molecule has 0 fully saturated rings. The average molecular weight is 392 g/mol. The van der Waals surface area contributed by atoms with Crippen LogP contribution in [0.25, 0.3) is 23.1 Å². The quantitative estimate of drug-likeness (QED) is 0.282. The Kier molecular flexibility index (Phi) is 4.62. The minimum absolute atomic E-state index is 0.00986. The van der Waals surface area contributed by atoms with E-state index in [2.05, 4.69) is 15.3 Å². The fourth-order valence-corrected chi connectivity index (χ4v) is 2.68. The zero-order valence-corrected chi connectivity index (χ0v) is 14.7. The van der Waals surface area contributed by atoms with Gasteiger partial charge in [-0.25, -0.2) is 14.4 Å². The van der Waals surface area contributed by atoms with Gasteiger partial charge in [-0.1, -0.05) is 12.1 Å².